The predicted octanol–water partition coefficient (Wildman–Crippen LogP) is 3.22. The van der Waals surface area contributed by atoms with E-state index in [-0.39, 0.29) is 6.61 Å². The van der Waals surface area contributed by atoms with E-state index in [1.54, 1.807) is 12.1 Å². The average Bonchev–Trinajstić information content (AvgIpc) is 2.23. The molecule has 1 aromatic rings. The van der Waals surface area contributed by atoms with E-state index in [2.05, 4.69) is 0 Å². The van der Waals surface area contributed by atoms with E-state index in [9.17, 15) is 4.79 Å². The first kappa shape index (κ1) is 15.0. The van der Waals surface area contributed by atoms with Crippen molar-refractivity contribution in [2.75, 3.05) is 6.61 Å². The normalized spacial score (nSPS) is 11.4. The Kier molecular flexibility index (Phi) is 5.17. The van der Waals surface area contributed by atoms with Gasteiger partial charge in [-0.2, -0.15) is 0 Å². The average molecular weight is 271 g/mol. The van der Waals surface area contributed by atoms with Gasteiger partial charge in [0.15, 0.2) is 0 Å². The minimum atomic E-state index is -0.532. The van der Waals surface area contributed by atoms with Crippen LogP contribution in [0.25, 0.3) is 0 Å². The fourth-order valence-corrected chi connectivity index (χ4v) is 1.78. The number of halogens is 1. The minimum absolute atomic E-state index is 0.144. The van der Waals surface area contributed by atoms with Crippen molar-refractivity contribution in [3.8, 4) is 0 Å². The maximum Gasteiger partial charge on any atom is 0.340 e. The van der Waals surface area contributed by atoms with Crippen LogP contribution >= 0.6 is 11.6 Å². The Hall–Kier alpha value is -1.06. The molecule has 0 amide bonds. The molecule has 0 atom stereocenters. The summed E-state index contributed by atoms with van der Waals surface area (Å²) in [4.78, 5) is 11.9. The fourth-order valence-electron chi connectivity index (χ4n) is 1.50. The molecule has 0 aliphatic heterocycles. The number of esters is 1. The molecule has 1 rings (SSSR count). The van der Waals surface area contributed by atoms with Crippen molar-refractivity contribution in [3.05, 3.63) is 34.3 Å². The second-order valence-corrected chi connectivity index (χ2v) is 5.55. The summed E-state index contributed by atoms with van der Waals surface area (Å²) in [5, 5.41) is 9.15. The van der Waals surface area contributed by atoms with Crippen molar-refractivity contribution in [1.29, 1.82) is 0 Å². The standard InChI is InChI=1S/C14H19ClO3/c1-14(2,3)18-13(17)11-7-6-10(5-4-8-16)9-12(11)15/h6-7,9,16H,4-5,8H2,1-3H3. The molecule has 0 radical (unpaired) electrons. The Morgan fingerprint density at radius 3 is 2.56 bits per heavy atom. The zero-order valence-corrected chi connectivity index (χ0v) is 11.8. The molecule has 0 bridgehead atoms. The van der Waals surface area contributed by atoms with E-state index in [4.69, 9.17) is 21.4 Å². The van der Waals surface area contributed by atoms with E-state index in [0.717, 1.165) is 12.0 Å². The second-order valence-electron chi connectivity index (χ2n) is 5.14. The summed E-state index contributed by atoms with van der Waals surface area (Å²) < 4.78 is 5.26. The number of ether oxygens (including phenoxy) is 1. The molecule has 0 unspecified atom stereocenters. The van der Waals surface area contributed by atoms with E-state index >= 15 is 0 Å². The largest absolute Gasteiger partial charge is 0.456 e. The number of hydrogen-bond donors (Lipinski definition) is 1. The smallest absolute Gasteiger partial charge is 0.340 e. The lowest BCUT2D eigenvalue weighted by Crippen LogP contribution is -2.24. The summed E-state index contributed by atoms with van der Waals surface area (Å²) in [6.45, 7) is 5.59. The van der Waals surface area contributed by atoms with Crippen molar-refractivity contribution in [2.24, 2.45) is 0 Å². The highest BCUT2D eigenvalue weighted by Crippen LogP contribution is 2.21. The van der Waals surface area contributed by atoms with Gasteiger partial charge >= 0.3 is 5.97 Å². The number of carbonyl (C=O) groups excluding carboxylic acids is 1. The van der Waals surface area contributed by atoms with Crippen LogP contribution in [0.3, 0.4) is 0 Å². The molecular formula is C14H19ClO3. The monoisotopic (exact) mass is 270 g/mol. The first-order valence-electron chi connectivity index (χ1n) is 5.96. The Bertz CT molecular complexity index is 422. The third-order valence-electron chi connectivity index (χ3n) is 2.28. The molecule has 1 aromatic carbocycles. The van der Waals surface area contributed by atoms with E-state index in [0.29, 0.717) is 17.0 Å². The van der Waals surface area contributed by atoms with Gasteiger partial charge in [0, 0.05) is 6.61 Å². The molecule has 3 nitrogen and oxygen atoms in total. The fraction of sp³-hybridized carbons (Fsp3) is 0.500. The zero-order chi connectivity index (χ0) is 13.8. The van der Waals surface area contributed by atoms with E-state index in [1.807, 2.05) is 26.8 Å². The molecule has 0 aromatic heterocycles. The molecule has 100 valence electrons. The lowest BCUT2D eigenvalue weighted by Gasteiger charge is -2.20. The van der Waals surface area contributed by atoms with Gasteiger partial charge in [-0.25, -0.2) is 4.79 Å². The van der Waals surface area contributed by atoms with Gasteiger partial charge in [0.1, 0.15) is 5.60 Å². The summed E-state index contributed by atoms with van der Waals surface area (Å²) in [6, 6.07) is 5.25. The SMILES string of the molecule is CC(C)(C)OC(=O)c1ccc(CCCO)cc1Cl. The topological polar surface area (TPSA) is 46.5 Å². The lowest BCUT2D eigenvalue weighted by molar-refractivity contribution is 0.00697. The van der Waals surface area contributed by atoms with Crippen molar-refractivity contribution in [1.82, 2.24) is 0 Å². The Morgan fingerprint density at radius 1 is 1.39 bits per heavy atom. The molecule has 0 fully saturated rings. The molecule has 0 heterocycles. The number of hydrogen-bond acceptors (Lipinski definition) is 3. The van der Waals surface area contributed by atoms with Crippen LogP contribution < -0.4 is 0 Å². The summed E-state index contributed by atoms with van der Waals surface area (Å²) >= 11 is 6.07. The highest BCUT2D eigenvalue weighted by Gasteiger charge is 2.19. The van der Waals surface area contributed by atoms with Gasteiger partial charge in [0.2, 0.25) is 0 Å². The first-order valence-corrected chi connectivity index (χ1v) is 6.34. The third-order valence-corrected chi connectivity index (χ3v) is 2.59. The Balaban J connectivity index is 2.82. The van der Waals surface area contributed by atoms with Crippen molar-refractivity contribution >= 4 is 17.6 Å². The van der Waals surface area contributed by atoms with Crippen LogP contribution in [-0.2, 0) is 11.2 Å². The van der Waals surface area contributed by atoms with Gasteiger partial charge in [0.25, 0.3) is 0 Å². The van der Waals surface area contributed by atoms with Crippen LogP contribution in [0, 0.1) is 0 Å². The number of benzene rings is 1. The van der Waals surface area contributed by atoms with Gasteiger partial charge in [-0.15, -0.1) is 0 Å². The molecule has 1 N–H and O–H groups in total. The highest BCUT2D eigenvalue weighted by atomic mass is 35.5. The summed E-state index contributed by atoms with van der Waals surface area (Å²) in [5.74, 6) is -0.416. The van der Waals surface area contributed by atoms with Crippen LogP contribution in [0.5, 0.6) is 0 Å². The van der Waals surface area contributed by atoms with Crippen molar-refractivity contribution in [3.63, 3.8) is 0 Å². The number of rotatable bonds is 4. The quantitative estimate of drug-likeness (QED) is 0.855. The summed E-state index contributed by atoms with van der Waals surface area (Å²) in [6.07, 6.45) is 1.42. The Morgan fingerprint density at radius 2 is 2.06 bits per heavy atom. The van der Waals surface area contributed by atoms with E-state index < -0.39 is 11.6 Å². The van der Waals surface area contributed by atoms with Gasteiger partial charge in [0.05, 0.1) is 10.6 Å². The molecule has 0 saturated heterocycles. The van der Waals surface area contributed by atoms with Crippen LogP contribution in [0.2, 0.25) is 5.02 Å². The van der Waals surface area contributed by atoms with Crippen LogP contribution in [0.1, 0.15) is 43.1 Å². The first-order chi connectivity index (χ1) is 8.33. The van der Waals surface area contributed by atoms with Gasteiger partial charge in [-0.1, -0.05) is 17.7 Å². The number of aryl methyl sites for hydroxylation is 1. The molecule has 0 saturated carbocycles. The van der Waals surface area contributed by atoms with Crippen molar-refractivity contribution in [2.45, 2.75) is 39.2 Å². The third kappa shape index (κ3) is 4.67. The Labute approximate surface area is 113 Å². The minimum Gasteiger partial charge on any atom is -0.456 e. The maximum atomic E-state index is 11.9. The molecule has 0 aliphatic carbocycles. The summed E-state index contributed by atoms with van der Waals surface area (Å²) in [7, 11) is 0. The number of carbonyl (C=O) groups is 1. The summed E-state index contributed by atoms with van der Waals surface area (Å²) in [5.41, 5.74) is 0.844. The molecule has 4 heteroatoms. The van der Waals surface area contributed by atoms with E-state index in [1.165, 1.54) is 0 Å². The number of aliphatic hydroxyl groups excluding tert-OH is 1. The highest BCUT2D eigenvalue weighted by molar-refractivity contribution is 6.33. The van der Waals surface area contributed by atoms with Gasteiger partial charge < -0.3 is 9.84 Å². The molecule has 0 spiro atoms. The number of aliphatic hydroxyl groups is 1. The van der Waals surface area contributed by atoms with Crippen LogP contribution in [-0.4, -0.2) is 23.3 Å². The maximum absolute atomic E-state index is 11.9. The predicted molar refractivity (Wildman–Crippen MR) is 72.0 cm³/mol. The van der Waals surface area contributed by atoms with Crippen molar-refractivity contribution < 1.29 is 14.6 Å². The molecule has 18 heavy (non-hydrogen) atoms. The second kappa shape index (κ2) is 6.21. The molecule has 0 aliphatic rings. The van der Waals surface area contributed by atoms with Crippen LogP contribution in [0.4, 0.5) is 0 Å². The van der Waals surface area contributed by atoms with Crippen LogP contribution in [0.15, 0.2) is 18.2 Å². The zero-order valence-electron chi connectivity index (χ0n) is 11.0. The van der Waals surface area contributed by atoms with Gasteiger partial charge in [-0.3, -0.25) is 0 Å². The van der Waals surface area contributed by atoms with Gasteiger partial charge in [-0.05, 0) is 51.3 Å². The lowest BCUT2D eigenvalue weighted by atomic mass is 10.1. The molecular weight excluding hydrogens is 252 g/mol.